The van der Waals surface area contributed by atoms with Crippen molar-refractivity contribution in [2.24, 2.45) is 0 Å². The number of anilines is 1. The van der Waals surface area contributed by atoms with Gasteiger partial charge in [-0.15, -0.1) is 0 Å². The van der Waals surface area contributed by atoms with Gasteiger partial charge in [-0.05, 0) is 43.5 Å². The van der Waals surface area contributed by atoms with Crippen LogP contribution in [0, 0.1) is 6.92 Å². The molecule has 0 saturated heterocycles. The van der Waals surface area contributed by atoms with Crippen LogP contribution in [0.2, 0.25) is 0 Å². The second-order valence-electron chi connectivity index (χ2n) is 4.93. The maximum Gasteiger partial charge on any atom is 0.142 e. The van der Waals surface area contributed by atoms with E-state index in [-0.39, 0.29) is 6.10 Å². The van der Waals surface area contributed by atoms with Gasteiger partial charge in [0, 0.05) is 7.11 Å². The summed E-state index contributed by atoms with van der Waals surface area (Å²) in [6, 6.07) is 6.17. The largest absolute Gasteiger partial charge is 0.497 e. The molecule has 1 aromatic carbocycles. The summed E-state index contributed by atoms with van der Waals surface area (Å²) >= 11 is 0. The fourth-order valence-corrected chi connectivity index (χ4v) is 2.09. The number of ether oxygens (including phenoxy) is 3. The van der Waals surface area contributed by atoms with Crippen LogP contribution in [0.5, 0.6) is 5.75 Å². The summed E-state index contributed by atoms with van der Waals surface area (Å²) in [6.07, 6.45) is 6.21. The number of aryl methyl sites for hydroxylation is 1. The quantitative estimate of drug-likeness (QED) is 0.777. The minimum atomic E-state index is 0.230. The van der Waals surface area contributed by atoms with Gasteiger partial charge in [0.2, 0.25) is 0 Å². The molecule has 1 aliphatic heterocycles. The standard InChI is InChI=1S/C16H23NO3/c1-13-6-7-15(16(11-13)20-10-9-18-2)17-12-14-5-3-4-8-19-14/h4,6-8,11,14,17H,3,5,9-10,12H2,1-2H3. The third-order valence-electron chi connectivity index (χ3n) is 3.22. The van der Waals surface area contributed by atoms with Gasteiger partial charge in [-0.25, -0.2) is 0 Å². The summed E-state index contributed by atoms with van der Waals surface area (Å²) in [4.78, 5) is 0. The van der Waals surface area contributed by atoms with Crippen LogP contribution in [-0.4, -0.2) is 33.0 Å². The van der Waals surface area contributed by atoms with Crippen LogP contribution in [0.15, 0.2) is 30.5 Å². The van der Waals surface area contributed by atoms with Crippen molar-refractivity contribution in [2.75, 3.05) is 32.2 Å². The van der Waals surface area contributed by atoms with E-state index in [2.05, 4.69) is 30.4 Å². The SMILES string of the molecule is COCCOc1cc(C)ccc1NCC1CCC=CO1. The Bertz CT molecular complexity index is 445. The lowest BCUT2D eigenvalue weighted by Crippen LogP contribution is -2.23. The Morgan fingerprint density at radius 3 is 3.00 bits per heavy atom. The third kappa shape index (κ3) is 4.46. The molecule has 1 aromatic rings. The van der Waals surface area contributed by atoms with Gasteiger partial charge in [0.15, 0.2) is 0 Å². The first kappa shape index (κ1) is 14.7. The van der Waals surface area contributed by atoms with E-state index < -0.39 is 0 Å². The van der Waals surface area contributed by atoms with E-state index >= 15 is 0 Å². The van der Waals surface area contributed by atoms with Crippen molar-refractivity contribution in [3.63, 3.8) is 0 Å². The summed E-state index contributed by atoms with van der Waals surface area (Å²) in [7, 11) is 1.67. The van der Waals surface area contributed by atoms with Crippen molar-refractivity contribution in [1.82, 2.24) is 0 Å². The zero-order valence-electron chi connectivity index (χ0n) is 12.2. The van der Waals surface area contributed by atoms with E-state index in [1.165, 1.54) is 5.56 Å². The molecule has 0 aliphatic carbocycles. The molecule has 0 amide bonds. The van der Waals surface area contributed by atoms with E-state index in [0.717, 1.165) is 30.8 Å². The molecule has 0 saturated carbocycles. The lowest BCUT2D eigenvalue weighted by Gasteiger charge is -2.21. The molecule has 0 radical (unpaired) electrons. The number of methoxy groups -OCH3 is 1. The number of hydrogen-bond acceptors (Lipinski definition) is 4. The molecule has 0 bridgehead atoms. The fourth-order valence-electron chi connectivity index (χ4n) is 2.09. The molecule has 4 nitrogen and oxygen atoms in total. The van der Waals surface area contributed by atoms with Crippen LogP contribution in [0.3, 0.4) is 0 Å². The van der Waals surface area contributed by atoms with Gasteiger partial charge in [0.05, 0.1) is 25.1 Å². The van der Waals surface area contributed by atoms with Crippen LogP contribution in [0.1, 0.15) is 18.4 Å². The van der Waals surface area contributed by atoms with E-state index in [1.807, 2.05) is 6.07 Å². The minimum absolute atomic E-state index is 0.230. The maximum atomic E-state index is 5.76. The predicted molar refractivity (Wildman–Crippen MR) is 80.3 cm³/mol. The molecule has 2 rings (SSSR count). The molecule has 1 unspecified atom stereocenters. The summed E-state index contributed by atoms with van der Waals surface area (Å²) in [5.74, 6) is 0.869. The van der Waals surface area contributed by atoms with Gasteiger partial charge in [-0.3, -0.25) is 0 Å². The first-order chi connectivity index (χ1) is 9.79. The monoisotopic (exact) mass is 277 g/mol. The van der Waals surface area contributed by atoms with Gasteiger partial charge >= 0.3 is 0 Å². The second kappa shape index (κ2) is 7.80. The van der Waals surface area contributed by atoms with Crippen molar-refractivity contribution in [3.05, 3.63) is 36.1 Å². The fraction of sp³-hybridized carbons (Fsp3) is 0.500. The van der Waals surface area contributed by atoms with E-state index in [0.29, 0.717) is 13.2 Å². The van der Waals surface area contributed by atoms with Crippen LogP contribution in [-0.2, 0) is 9.47 Å². The Balaban J connectivity index is 1.93. The van der Waals surface area contributed by atoms with Gasteiger partial charge in [0.25, 0.3) is 0 Å². The van der Waals surface area contributed by atoms with Crippen molar-refractivity contribution in [1.29, 1.82) is 0 Å². The Morgan fingerprint density at radius 1 is 1.35 bits per heavy atom. The smallest absolute Gasteiger partial charge is 0.142 e. The van der Waals surface area contributed by atoms with Crippen molar-refractivity contribution >= 4 is 5.69 Å². The first-order valence-electron chi connectivity index (χ1n) is 7.06. The average molecular weight is 277 g/mol. The Morgan fingerprint density at radius 2 is 2.25 bits per heavy atom. The van der Waals surface area contributed by atoms with E-state index in [1.54, 1.807) is 13.4 Å². The normalized spacial score (nSPS) is 17.6. The van der Waals surface area contributed by atoms with Gasteiger partial charge in [-0.2, -0.15) is 0 Å². The van der Waals surface area contributed by atoms with Crippen LogP contribution in [0.25, 0.3) is 0 Å². The third-order valence-corrected chi connectivity index (χ3v) is 3.22. The molecule has 4 heteroatoms. The number of benzene rings is 1. The lowest BCUT2D eigenvalue weighted by molar-refractivity contribution is 0.134. The molecule has 110 valence electrons. The molecule has 1 heterocycles. The molecule has 1 atom stereocenters. The zero-order chi connectivity index (χ0) is 14.2. The van der Waals surface area contributed by atoms with E-state index in [9.17, 15) is 0 Å². The molecular weight excluding hydrogens is 254 g/mol. The second-order valence-corrected chi connectivity index (χ2v) is 4.93. The van der Waals surface area contributed by atoms with Crippen LogP contribution in [0.4, 0.5) is 5.69 Å². The van der Waals surface area contributed by atoms with Crippen molar-refractivity contribution < 1.29 is 14.2 Å². The average Bonchev–Trinajstić information content (AvgIpc) is 2.48. The van der Waals surface area contributed by atoms with Gasteiger partial charge in [0.1, 0.15) is 18.5 Å². The molecule has 20 heavy (non-hydrogen) atoms. The molecule has 1 N–H and O–H groups in total. The Hall–Kier alpha value is -1.68. The number of allylic oxidation sites excluding steroid dienone is 1. The van der Waals surface area contributed by atoms with Gasteiger partial charge < -0.3 is 19.5 Å². The van der Waals surface area contributed by atoms with E-state index in [4.69, 9.17) is 14.2 Å². The van der Waals surface area contributed by atoms with Crippen LogP contribution < -0.4 is 10.1 Å². The van der Waals surface area contributed by atoms with Crippen molar-refractivity contribution in [2.45, 2.75) is 25.9 Å². The van der Waals surface area contributed by atoms with Crippen molar-refractivity contribution in [3.8, 4) is 5.75 Å². The molecular formula is C16H23NO3. The summed E-state index contributed by atoms with van der Waals surface area (Å²) in [5.41, 5.74) is 2.18. The molecule has 0 aromatic heterocycles. The maximum absolute atomic E-state index is 5.76. The number of hydrogen-bond donors (Lipinski definition) is 1. The highest BCUT2D eigenvalue weighted by molar-refractivity contribution is 5.57. The molecule has 0 spiro atoms. The van der Waals surface area contributed by atoms with Crippen LogP contribution >= 0.6 is 0 Å². The molecule has 0 fully saturated rings. The Labute approximate surface area is 120 Å². The molecule has 1 aliphatic rings. The topological polar surface area (TPSA) is 39.7 Å². The number of rotatable bonds is 7. The predicted octanol–water partition coefficient (Wildman–Crippen LogP) is 3.12. The highest BCUT2D eigenvalue weighted by Crippen LogP contribution is 2.26. The highest BCUT2D eigenvalue weighted by atomic mass is 16.5. The summed E-state index contributed by atoms with van der Waals surface area (Å²) in [5, 5.41) is 3.41. The first-order valence-corrected chi connectivity index (χ1v) is 7.06. The van der Waals surface area contributed by atoms with Gasteiger partial charge in [-0.1, -0.05) is 6.07 Å². The summed E-state index contributed by atoms with van der Waals surface area (Å²) in [6.45, 7) is 3.98. The lowest BCUT2D eigenvalue weighted by atomic mass is 10.1. The zero-order valence-corrected chi connectivity index (χ0v) is 12.2. The minimum Gasteiger partial charge on any atom is -0.497 e. The Kier molecular flexibility index (Phi) is 5.74. The highest BCUT2D eigenvalue weighted by Gasteiger charge is 2.12. The summed E-state index contributed by atoms with van der Waals surface area (Å²) < 4.78 is 16.3. The number of nitrogens with one attached hydrogen (secondary N) is 1.